The lowest BCUT2D eigenvalue weighted by molar-refractivity contribution is 0.671. The topological polar surface area (TPSA) is 24.9 Å². The standard InChI is InChI=1S/C14H13Cl3N2/c1-8-3-4-9(5-11(8)16)13(18-2)14-12(17)6-10(15)7-19-14/h3-7,13,18H,1-2H3. The summed E-state index contributed by atoms with van der Waals surface area (Å²) in [6.07, 6.45) is 1.59. The number of benzene rings is 1. The number of hydrogen-bond acceptors (Lipinski definition) is 2. The van der Waals surface area contributed by atoms with E-state index in [2.05, 4.69) is 10.3 Å². The van der Waals surface area contributed by atoms with Crippen LogP contribution in [0.2, 0.25) is 15.1 Å². The van der Waals surface area contributed by atoms with Crippen LogP contribution in [0.3, 0.4) is 0 Å². The third kappa shape index (κ3) is 3.21. The van der Waals surface area contributed by atoms with Gasteiger partial charge in [0.25, 0.3) is 0 Å². The monoisotopic (exact) mass is 314 g/mol. The molecule has 0 amide bonds. The van der Waals surface area contributed by atoms with Gasteiger partial charge in [0.15, 0.2) is 0 Å². The second-order valence-corrected chi connectivity index (χ2v) is 5.50. The maximum Gasteiger partial charge on any atom is 0.0805 e. The van der Waals surface area contributed by atoms with Gasteiger partial charge in [0.05, 0.1) is 21.8 Å². The summed E-state index contributed by atoms with van der Waals surface area (Å²) < 4.78 is 0. The number of nitrogens with zero attached hydrogens (tertiary/aromatic N) is 1. The van der Waals surface area contributed by atoms with Crippen LogP contribution in [0.25, 0.3) is 0 Å². The van der Waals surface area contributed by atoms with E-state index >= 15 is 0 Å². The molecule has 0 bridgehead atoms. The minimum Gasteiger partial charge on any atom is -0.308 e. The second-order valence-electron chi connectivity index (χ2n) is 4.25. The summed E-state index contributed by atoms with van der Waals surface area (Å²) in [5, 5.41) is 4.97. The lowest BCUT2D eigenvalue weighted by Gasteiger charge is -2.18. The molecule has 19 heavy (non-hydrogen) atoms. The fourth-order valence-corrected chi connectivity index (χ4v) is 2.57. The number of nitrogens with one attached hydrogen (secondary N) is 1. The molecule has 0 radical (unpaired) electrons. The third-order valence-electron chi connectivity index (χ3n) is 2.93. The zero-order valence-electron chi connectivity index (χ0n) is 10.5. The van der Waals surface area contributed by atoms with Crippen molar-refractivity contribution >= 4 is 34.8 Å². The number of halogens is 3. The number of hydrogen-bond donors (Lipinski definition) is 1. The van der Waals surface area contributed by atoms with E-state index in [4.69, 9.17) is 34.8 Å². The van der Waals surface area contributed by atoms with Crippen LogP contribution in [0, 0.1) is 6.92 Å². The molecule has 1 aromatic carbocycles. The number of rotatable bonds is 3. The Kier molecular flexibility index (Phi) is 4.69. The van der Waals surface area contributed by atoms with Crippen LogP contribution in [0.1, 0.15) is 22.9 Å². The molecule has 0 aliphatic rings. The van der Waals surface area contributed by atoms with Crippen LogP contribution in [0.15, 0.2) is 30.5 Å². The van der Waals surface area contributed by atoms with Crippen molar-refractivity contribution in [2.75, 3.05) is 7.05 Å². The molecular weight excluding hydrogens is 303 g/mol. The molecule has 2 nitrogen and oxygen atoms in total. The van der Waals surface area contributed by atoms with E-state index < -0.39 is 0 Å². The Hall–Kier alpha value is -0.800. The van der Waals surface area contributed by atoms with E-state index in [1.807, 2.05) is 32.2 Å². The minimum absolute atomic E-state index is 0.122. The highest BCUT2D eigenvalue weighted by Crippen LogP contribution is 2.30. The van der Waals surface area contributed by atoms with Crippen LogP contribution in [0.5, 0.6) is 0 Å². The summed E-state index contributed by atoms with van der Waals surface area (Å²) in [7, 11) is 1.85. The van der Waals surface area contributed by atoms with Crippen molar-refractivity contribution < 1.29 is 0 Å². The Morgan fingerprint density at radius 3 is 2.42 bits per heavy atom. The molecule has 1 N–H and O–H groups in total. The average molecular weight is 316 g/mol. The first-order valence-corrected chi connectivity index (χ1v) is 6.90. The minimum atomic E-state index is -0.122. The normalized spacial score (nSPS) is 12.5. The van der Waals surface area contributed by atoms with E-state index in [9.17, 15) is 0 Å². The molecule has 0 aliphatic carbocycles. The summed E-state index contributed by atoms with van der Waals surface area (Å²) in [6, 6.07) is 7.47. The van der Waals surface area contributed by atoms with E-state index in [-0.39, 0.29) is 6.04 Å². The first kappa shape index (κ1) is 14.6. The Morgan fingerprint density at radius 2 is 1.84 bits per heavy atom. The van der Waals surface area contributed by atoms with Crippen molar-refractivity contribution in [3.8, 4) is 0 Å². The maximum atomic E-state index is 6.20. The summed E-state index contributed by atoms with van der Waals surface area (Å²) in [5.41, 5.74) is 2.78. The third-order valence-corrected chi connectivity index (χ3v) is 3.84. The van der Waals surface area contributed by atoms with Gasteiger partial charge in [-0.25, -0.2) is 0 Å². The van der Waals surface area contributed by atoms with Gasteiger partial charge < -0.3 is 5.32 Å². The molecule has 100 valence electrons. The Bertz CT molecular complexity index is 599. The van der Waals surface area contributed by atoms with Crippen LogP contribution in [-0.4, -0.2) is 12.0 Å². The average Bonchev–Trinajstić information content (AvgIpc) is 2.37. The summed E-state index contributed by atoms with van der Waals surface area (Å²) >= 11 is 18.2. The molecule has 1 heterocycles. The van der Waals surface area contributed by atoms with Crippen molar-refractivity contribution in [2.45, 2.75) is 13.0 Å². The molecule has 0 aliphatic heterocycles. The molecule has 0 saturated carbocycles. The smallest absolute Gasteiger partial charge is 0.0805 e. The fraction of sp³-hybridized carbons (Fsp3) is 0.214. The van der Waals surface area contributed by atoms with Gasteiger partial charge in [0.1, 0.15) is 0 Å². The van der Waals surface area contributed by atoms with Crippen LogP contribution >= 0.6 is 34.8 Å². The maximum absolute atomic E-state index is 6.20. The molecule has 5 heteroatoms. The van der Waals surface area contributed by atoms with E-state index in [1.165, 1.54) is 0 Å². The lowest BCUT2D eigenvalue weighted by atomic mass is 10.0. The van der Waals surface area contributed by atoms with E-state index in [0.29, 0.717) is 10.0 Å². The van der Waals surface area contributed by atoms with Gasteiger partial charge in [-0.05, 0) is 37.2 Å². The van der Waals surface area contributed by atoms with Gasteiger partial charge in [-0.2, -0.15) is 0 Å². The SMILES string of the molecule is CNC(c1ccc(C)c(Cl)c1)c1ncc(Cl)cc1Cl. The highest BCUT2D eigenvalue weighted by molar-refractivity contribution is 6.34. The van der Waals surface area contributed by atoms with Crippen molar-refractivity contribution in [2.24, 2.45) is 0 Å². The van der Waals surface area contributed by atoms with Crippen molar-refractivity contribution in [3.63, 3.8) is 0 Å². The molecule has 0 spiro atoms. The first-order valence-electron chi connectivity index (χ1n) is 5.77. The molecule has 1 unspecified atom stereocenters. The molecule has 1 aromatic heterocycles. The van der Waals surface area contributed by atoms with Gasteiger partial charge in [-0.3, -0.25) is 4.98 Å². The summed E-state index contributed by atoms with van der Waals surface area (Å²) in [4.78, 5) is 4.31. The van der Waals surface area contributed by atoms with Crippen molar-refractivity contribution in [1.82, 2.24) is 10.3 Å². The lowest BCUT2D eigenvalue weighted by Crippen LogP contribution is -2.19. The molecular formula is C14H13Cl3N2. The van der Waals surface area contributed by atoms with Crippen LogP contribution < -0.4 is 5.32 Å². The van der Waals surface area contributed by atoms with Gasteiger partial charge in [0.2, 0.25) is 0 Å². The highest BCUT2D eigenvalue weighted by Gasteiger charge is 2.17. The Labute approximate surface area is 127 Å². The number of aryl methyl sites for hydroxylation is 1. The van der Waals surface area contributed by atoms with Crippen molar-refractivity contribution in [1.29, 1.82) is 0 Å². The predicted octanol–water partition coefficient (Wildman–Crippen LogP) is 4.66. The van der Waals surface area contributed by atoms with E-state index in [0.717, 1.165) is 21.8 Å². The summed E-state index contributed by atoms with van der Waals surface area (Å²) in [6.45, 7) is 1.97. The predicted molar refractivity (Wildman–Crippen MR) is 81.3 cm³/mol. The largest absolute Gasteiger partial charge is 0.308 e. The quantitative estimate of drug-likeness (QED) is 0.891. The zero-order chi connectivity index (χ0) is 14.0. The van der Waals surface area contributed by atoms with Crippen molar-refractivity contribution in [3.05, 3.63) is 62.4 Å². The molecule has 2 aromatic rings. The molecule has 2 rings (SSSR count). The molecule has 0 fully saturated rings. The van der Waals surface area contributed by atoms with Crippen LogP contribution in [-0.2, 0) is 0 Å². The number of aromatic nitrogens is 1. The second kappa shape index (κ2) is 6.10. The molecule has 1 atom stereocenters. The number of pyridine rings is 1. The van der Waals surface area contributed by atoms with Gasteiger partial charge in [-0.1, -0.05) is 46.9 Å². The van der Waals surface area contributed by atoms with Gasteiger partial charge in [-0.15, -0.1) is 0 Å². The van der Waals surface area contributed by atoms with E-state index in [1.54, 1.807) is 12.3 Å². The van der Waals surface area contributed by atoms with Crippen LogP contribution in [0.4, 0.5) is 0 Å². The Balaban J connectivity index is 2.46. The Morgan fingerprint density at radius 1 is 1.11 bits per heavy atom. The highest BCUT2D eigenvalue weighted by atomic mass is 35.5. The fourth-order valence-electron chi connectivity index (χ4n) is 1.89. The summed E-state index contributed by atoms with van der Waals surface area (Å²) in [5.74, 6) is 0. The van der Waals surface area contributed by atoms with Gasteiger partial charge in [0, 0.05) is 11.2 Å². The molecule has 0 saturated heterocycles. The van der Waals surface area contributed by atoms with Gasteiger partial charge >= 0.3 is 0 Å². The first-order chi connectivity index (χ1) is 9.02. The zero-order valence-corrected chi connectivity index (χ0v) is 12.8.